The predicted molar refractivity (Wildman–Crippen MR) is 296 cm³/mol. The van der Waals surface area contributed by atoms with Gasteiger partial charge in [-0.1, -0.05) is 182 Å². The number of hydrogen-bond donors (Lipinski definition) is 0. The van der Waals surface area contributed by atoms with E-state index < -0.39 is 10.0 Å². The van der Waals surface area contributed by atoms with Crippen molar-refractivity contribution in [1.82, 2.24) is 4.57 Å². The summed E-state index contributed by atoms with van der Waals surface area (Å²) >= 11 is 0. The molecule has 11 aromatic carbocycles. The standard InChI is InChI=1S/C66H45BN2S/c1-7-22-46(23-8-1)49-38-39-62-59(42-49)67-60-43-50(47-24-9-2-10-25-47)41-58-57-36-19-20-37-61(57)69(66(58)60)64-45-51(44-63(65(64)67)68(62)52-27-11-3-12-28-52)48-26-21-35-56(40-48)70(53-29-13-4-14-30-53,54-31-15-5-16-32-54)55-33-17-6-18-34-55/h1-45H. The number of hydrogen-bond acceptors (Lipinski definition) is 1. The molecule has 2 nitrogen and oxygen atoms in total. The van der Waals surface area contributed by atoms with Crippen molar-refractivity contribution in [3.63, 3.8) is 0 Å². The quantitative estimate of drug-likeness (QED) is 0.138. The first-order valence-electron chi connectivity index (χ1n) is 24.2. The van der Waals surface area contributed by atoms with Crippen LogP contribution in [0.4, 0.5) is 17.1 Å². The normalized spacial score (nSPS) is 12.7. The zero-order chi connectivity index (χ0) is 46.2. The predicted octanol–water partition coefficient (Wildman–Crippen LogP) is 15.7. The molecule has 0 bridgehead atoms. The zero-order valence-electron chi connectivity index (χ0n) is 38.4. The molecule has 4 heteroatoms. The van der Waals surface area contributed by atoms with E-state index in [4.69, 9.17) is 0 Å². The van der Waals surface area contributed by atoms with Crippen LogP contribution < -0.4 is 21.3 Å². The molecule has 3 heterocycles. The fourth-order valence-electron chi connectivity index (χ4n) is 11.7. The van der Waals surface area contributed by atoms with Crippen molar-refractivity contribution in [2.24, 2.45) is 0 Å². The topological polar surface area (TPSA) is 8.17 Å². The van der Waals surface area contributed by atoms with Gasteiger partial charge in [-0.25, -0.2) is 0 Å². The van der Waals surface area contributed by atoms with Gasteiger partial charge in [0.25, 0.3) is 6.71 Å². The van der Waals surface area contributed by atoms with E-state index in [0.717, 1.165) is 5.69 Å². The van der Waals surface area contributed by atoms with Gasteiger partial charge in [-0.2, -0.15) is 0 Å². The van der Waals surface area contributed by atoms with Gasteiger partial charge in [0.2, 0.25) is 0 Å². The summed E-state index contributed by atoms with van der Waals surface area (Å²) in [5.74, 6) is 0. The Morgan fingerprint density at radius 3 is 1.43 bits per heavy atom. The molecule has 0 N–H and O–H groups in total. The van der Waals surface area contributed by atoms with Gasteiger partial charge in [0.1, 0.15) is 0 Å². The van der Waals surface area contributed by atoms with Crippen LogP contribution >= 0.6 is 10.0 Å². The molecule has 12 aromatic rings. The molecule has 2 aliphatic heterocycles. The highest BCUT2D eigenvalue weighted by molar-refractivity contribution is 8.34. The van der Waals surface area contributed by atoms with E-state index in [1.807, 2.05) is 0 Å². The number of rotatable bonds is 8. The summed E-state index contributed by atoms with van der Waals surface area (Å²) in [6.07, 6.45) is 0. The largest absolute Gasteiger partial charge is 0.311 e. The van der Waals surface area contributed by atoms with Crippen LogP contribution in [-0.4, -0.2) is 11.3 Å². The maximum absolute atomic E-state index is 2.60. The number of aromatic nitrogens is 1. The Labute approximate surface area is 410 Å². The Morgan fingerprint density at radius 1 is 0.300 bits per heavy atom. The van der Waals surface area contributed by atoms with Crippen molar-refractivity contribution < 1.29 is 0 Å². The number of anilines is 3. The molecule has 14 rings (SSSR count). The van der Waals surface area contributed by atoms with Gasteiger partial charge in [-0.15, -0.1) is 10.0 Å². The third-order valence-electron chi connectivity index (χ3n) is 14.6. The molecule has 1 aromatic heterocycles. The van der Waals surface area contributed by atoms with Crippen LogP contribution in [-0.2, 0) is 0 Å². The van der Waals surface area contributed by atoms with E-state index in [1.54, 1.807) is 0 Å². The molecule has 0 atom stereocenters. The Hall–Kier alpha value is -8.57. The molecule has 0 radical (unpaired) electrons. The lowest BCUT2D eigenvalue weighted by Gasteiger charge is -2.42. The fraction of sp³-hybridized carbons (Fsp3) is 0. The molecule has 0 amide bonds. The van der Waals surface area contributed by atoms with Crippen LogP contribution in [0.2, 0.25) is 0 Å². The Bertz CT molecular complexity index is 3840. The number of fused-ring (bicyclic) bond motifs is 7. The second kappa shape index (κ2) is 16.3. The smallest absolute Gasteiger partial charge is 0.252 e. The first kappa shape index (κ1) is 40.5. The molecular formula is C66H45BN2S. The summed E-state index contributed by atoms with van der Waals surface area (Å²) in [5, 5.41) is 2.54. The monoisotopic (exact) mass is 908 g/mol. The number of benzene rings is 11. The minimum Gasteiger partial charge on any atom is -0.311 e. The first-order chi connectivity index (χ1) is 34.7. The van der Waals surface area contributed by atoms with Crippen molar-refractivity contribution in [1.29, 1.82) is 0 Å². The van der Waals surface area contributed by atoms with Crippen LogP contribution in [0.5, 0.6) is 0 Å². The van der Waals surface area contributed by atoms with Crippen molar-refractivity contribution in [3.8, 4) is 39.1 Å². The van der Waals surface area contributed by atoms with Gasteiger partial charge >= 0.3 is 0 Å². The fourth-order valence-corrected chi connectivity index (χ4v) is 15.6. The van der Waals surface area contributed by atoms with E-state index in [9.17, 15) is 0 Å². The zero-order valence-corrected chi connectivity index (χ0v) is 39.2. The van der Waals surface area contributed by atoms with Crippen molar-refractivity contribution >= 4 is 72.0 Å². The Balaban J connectivity index is 1.09. The molecule has 0 saturated carbocycles. The second-order valence-electron chi connectivity index (χ2n) is 18.4. The summed E-state index contributed by atoms with van der Waals surface area (Å²) in [7, 11) is -1.93. The highest BCUT2D eigenvalue weighted by Crippen LogP contribution is 2.73. The Morgan fingerprint density at radius 2 is 0.786 bits per heavy atom. The number of nitrogens with zero attached hydrogens (tertiary/aromatic N) is 2. The minimum atomic E-state index is -1.93. The number of para-hydroxylation sites is 2. The molecule has 0 aliphatic carbocycles. The van der Waals surface area contributed by atoms with Gasteiger partial charge in [0.05, 0.1) is 5.52 Å². The lowest BCUT2D eigenvalue weighted by atomic mass is 9.33. The van der Waals surface area contributed by atoms with E-state index in [2.05, 4.69) is 282 Å². The molecule has 0 unspecified atom stereocenters. The first-order valence-corrected chi connectivity index (χ1v) is 25.8. The van der Waals surface area contributed by atoms with Crippen LogP contribution in [0.3, 0.4) is 0 Å². The molecule has 0 fully saturated rings. The summed E-state index contributed by atoms with van der Waals surface area (Å²) in [4.78, 5) is 7.76. The summed E-state index contributed by atoms with van der Waals surface area (Å²) in [5.41, 5.74) is 18.4. The maximum Gasteiger partial charge on any atom is 0.252 e. The van der Waals surface area contributed by atoms with Gasteiger partial charge in [0.15, 0.2) is 0 Å². The minimum absolute atomic E-state index is 0.0432. The van der Waals surface area contributed by atoms with Crippen LogP contribution in [0.25, 0.3) is 60.9 Å². The van der Waals surface area contributed by atoms with E-state index in [1.165, 1.54) is 108 Å². The second-order valence-corrected chi connectivity index (χ2v) is 21.5. The van der Waals surface area contributed by atoms with Crippen molar-refractivity contribution in [2.75, 3.05) is 4.90 Å². The van der Waals surface area contributed by atoms with Crippen molar-refractivity contribution in [2.45, 2.75) is 19.6 Å². The summed E-state index contributed by atoms with van der Waals surface area (Å²) in [6.45, 7) is -0.0432. The van der Waals surface area contributed by atoms with Crippen molar-refractivity contribution in [3.05, 3.63) is 273 Å². The summed E-state index contributed by atoms with van der Waals surface area (Å²) < 4.78 is 2.60. The van der Waals surface area contributed by atoms with Crippen LogP contribution in [0.1, 0.15) is 0 Å². The average molecular weight is 909 g/mol. The van der Waals surface area contributed by atoms with E-state index in [-0.39, 0.29) is 6.71 Å². The third-order valence-corrected chi connectivity index (χ3v) is 18.5. The maximum atomic E-state index is 2.60. The average Bonchev–Trinajstić information content (AvgIpc) is 3.79. The molecular weight excluding hydrogens is 864 g/mol. The van der Waals surface area contributed by atoms with Gasteiger partial charge in [-0.05, 0) is 141 Å². The van der Waals surface area contributed by atoms with Gasteiger partial charge in [-0.3, -0.25) is 0 Å². The SMILES string of the molecule is c1ccc(-c2ccc3c(c2)B2c4c(cc(-c5cccc(S(c6ccccc6)(c6ccccc6)c6ccccc6)c5)cc4-n4c5ccccc5c5cc(-c6ccccc6)cc2c54)N3c2ccccc2)cc1. The highest BCUT2D eigenvalue weighted by atomic mass is 32.3. The van der Waals surface area contributed by atoms with Crippen LogP contribution in [0.15, 0.2) is 293 Å². The van der Waals surface area contributed by atoms with Gasteiger partial charge < -0.3 is 9.47 Å². The van der Waals surface area contributed by atoms with E-state index in [0.29, 0.717) is 0 Å². The molecule has 70 heavy (non-hydrogen) atoms. The molecule has 0 spiro atoms. The summed E-state index contributed by atoms with van der Waals surface area (Å²) in [6, 6.07) is 102. The lowest BCUT2D eigenvalue weighted by Crippen LogP contribution is -2.60. The lowest BCUT2D eigenvalue weighted by molar-refractivity contribution is 1.18. The molecule has 2 aliphatic rings. The molecule has 328 valence electrons. The Kier molecular flexibility index (Phi) is 9.43. The van der Waals surface area contributed by atoms with Gasteiger partial charge in [0, 0.05) is 58.6 Å². The van der Waals surface area contributed by atoms with Crippen LogP contribution in [0, 0.1) is 0 Å². The molecule has 0 saturated heterocycles. The van der Waals surface area contributed by atoms with E-state index >= 15 is 0 Å². The highest BCUT2D eigenvalue weighted by Gasteiger charge is 2.43. The third kappa shape index (κ3) is 6.17.